The molecule has 1 aliphatic carbocycles. The second-order valence-electron chi connectivity index (χ2n) is 8.78. The van der Waals surface area contributed by atoms with Crippen LogP contribution in [0.25, 0.3) is 10.8 Å². The van der Waals surface area contributed by atoms with Crippen molar-refractivity contribution in [1.29, 1.82) is 0 Å². The number of carbonyl (C=O) groups excluding carboxylic acids is 1. The third-order valence-corrected chi connectivity index (χ3v) is 7.65. The van der Waals surface area contributed by atoms with E-state index < -0.39 is 0 Å². The molecule has 1 heterocycles. The number of allylic oxidation sites excluding steroid dienone is 4. The predicted molar refractivity (Wildman–Crippen MR) is 139 cm³/mol. The number of benzene rings is 3. The zero-order valence-electron chi connectivity index (χ0n) is 18.9. The monoisotopic (exact) mass is 451 g/mol. The highest BCUT2D eigenvalue weighted by atomic mass is 32.2. The molecule has 0 atom stereocenters. The van der Waals surface area contributed by atoms with Crippen molar-refractivity contribution < 1.29 is 4.79 Å². The van der Waals surface area contributed by atoms with Crippen LogP contribution < -0.4 is 0 Å². The fourth-order valence-electron chi connectivity index (χ4n) is 4.61. The molecule has 1 aliphatic heterocycles. The molecule has 5 rings (SSSR count). The Morgan fingerprint density at radius 2 is 1.58 bits per heavy atom. The Morgan fingerprint density at radius 3 is 2.39 bits per heavy atom. The van der Waals surface area contributed by atoms with Gasteiger partial charge >= 0.3 is 0 Å². The van der Waals surface area contributed by atoms with Gasteiger partial charge in [0.25, 0.3) is 0 Å². The minimum atomic E-state index is 0.0609. The summed E-state index contributed by atoms with van der Waals surface area (Å²) in [5.74, 6) is 0.0609. The Balaban J connectivity index is 1.42. The standard InChI is InChI=1S/C30H29NOS/c32-29(26-15-13-23-9-5-6-10-25(23)21-26)18-17-24-14-16-27(22-31-19-7-2-8-20-31)30(24)33-28-11-3-1-4-12-28/h1,3-6,9-13,15,17-18,21-22H,2,7-8,14,16,19-20H2/b18-17+,27-22+. The van der Waals surface area contributed by atoms with Crippen molar-refractivity contribution in [2.45, 2.75) is 37.0 Å². The van der Waals surface area contributed by atoms with Crippen LogP contribution in [0.1, 0.15) is 42.5 Å². The number of thioether (sulfide) groups is 1. The van der Waals surface area contributed by atoms with Crippen LogP contribution in [0.5, 0.6) is 0 Å². The van der Waals surface area contributed by atoms with Gasteiger partial charge in [-0.25, -0.2) is 0 Å². The first-order valence-electron chi connectivity index (χ1n) is 11.9. The number of nitrogens with zero attached hydrogens (tertiary/aromatic N) is 1. The molecule has 166 valence electrons. The molecule has 1 saturated heterocycles. The topological polar surface area (TPSA) is 20.3 Å². The van der Waals surface area contributed by atoms with Gasteiger partial charge in [-0.2, -0.15) is 0 Å². The van der Waals surface area contributed by atoms with Crippen LogP contribution in [-0.2, 0) is 0 Å². The Hall–Kier alpha value is -3.04. The van der Waals surface area contributed by atoms with Crippen LogP contribution in [0.4, 0.5) is 0 Å². The van der Waals surface area contributed by atoms with E-state index in [1.54, 1.807) is 6.08 Å². The zero-order valence-corrected chi connectivity index (χ0v) is 19.7. The smallest absolute Gasteiger partial charge is 0.185 e. The van der Waals surface area contributed by atoms with E-state index in [1.165, 1.54) is 40.2 Å². The Labute approximate surface area is 200 Å². The highest BCUT2D eigenvalue weighted by molar-refractivity contribution is 8.03. The van der Waals surface area contributed by atoms with Crippen molar-refractivity contribution in [3.8, 4) is 0 Å². The third kappa shape index (κ3) is 5.31. The summed E-state index contributed by atoms with van der Waals surface area (Å²) in [6, 6.07) is 24.7. The minimum absolute atomic E-state index is 0.0609. The summed E-state index contributed by atoms with van der Waals surface area (Å²) in [7, 11) is 0. The average Bonchev–Trinajstić information content (AvgIpc) is 3.24. The lowest BCUT2D eigenvalue weighted by Crippen LogP contribution is -2.24. The van der Waals surface area contributed by atoms with Crippen molar-refractivity contribution >= 4 is 28.3 Å². The van der Waals surface area contributed by atoms with Crippen LogP contribution >= 0.6 is 11.8 Å². The fraction of sp³-hybridized carbons (Fsp3) is 0.233. The van der Waals surface area contributed by atoms with Crippen molar-refractivity contribution in [3.63, 3.8) is 0 Å². The van der Waals surface area contributed by atoms with Crippen LogP contribution in [0.3, 0.4) is 0 Å². The van der Waals surface area contributed by atoms with Crippen LogP contribution in [0.2, 0.25) is 0 Å². The minimum Gasteiger partial charge on any atom is -0.377 e. The predicted octanol–water partition coefficient (Wildman–Crippen LogP) is 7.79. The molecular weight excluding hydrogens is 422 g/mol. The molecule has 0 N–H and O–H groups in total. The van der Waals surface area contributed by atoms with Gasteiger partial charge in [0.1, 0.15) is 0 Å². The van der Waals surface area contributed by atoms with Crippen LogP contribution in [-0.4, -0.2) is 23.8 Å². The molecule has 0 spiro atoms. The van der Waals surface area contributed by atoms with Gasteiger partial charge in [-0.15, -0.1) is 0 Å². The van der Waals surface area contributed by atoms with Crippen LogP contribution in [0.15, 0.2) is 112 Å². The largest absolute Gasteiger partial charge is 0.377 e. The summed E-state index contributed by atoms with van der Waals surface area (Å²) in [6.07, 6.45) is 12.1. The van der Waals surface area contributed by atoms with Gasteiger partial charge in [0.05, 0.1) is 0 Å². The first kappa shape index (κ1) is 21.8. The lowest BCUT2D eigenvalue weighted by atomic mass is 10.0. The van der Waals surface area contributed by atoms with Gasteiger partial charge in [0.2, 0.25) is 0 Å². The van der Waals surface area contributed by atoms with Crippen molar-refractivity contribution in [3.05, 3.63) is 113 Å². The lowest BCUT2D eigenvalue weighted by Gasteiger charge is -2.26. The molecule has 2 nitrogen and oxygen atoms in total. The maximum atomic E-state index is 13.0. The molecule has 2 aliphatic rings. The highest BCUT2D eigenvalue weighted by Crippen LogP contribution is 2.43. The quantitative estimate of drug-likeness (QED) is 0.282. The van der Waals surface area contributed by atoms with E-state index in [-0.39, 0.29) is 5.78 Å². The molecule has 0 radical (unpaired) electrons. The van der Waals surface area contributed by atoms with Crippen molar-refractivity contribution in [2.24, 2.45) is 0 Å². The number of carbonyl (C=O) groups is 1. The Morgan fingerprint density at radius 1 is 0.818 bits per heavy atom. The fourth-order valence-corrected chi connectivity index (χ4v) is 5.72. The molecule has 33 heavy (non-hydrogen) atoms. The molecule has 0 amide bonds. The number of ketones is 1. The molecule has 0 bridgehead atoms. The maximum Gasteiger partial charge on any atom is 0.185 e. The average molecular weight is 452 g/mol. The maximum absolute atomic E-state index is 13.0. The van der Waals surface area contributed by atoms with Crippen LogP contribution in [0, 0.1) is 0 Å². The second-order valence-corrected chi connectivity index (χ2v) is 9.86. The van der Waals surface area contributed by atoms with E-state index in [1.807, 2.05) is 42.1 Å². The summed E-state index contributed by atoms with van der Waals surface area (Å²) in [4.78, 5) is 18.0. The zero-order chi connectivity index (χ0) is 22.5. The summed E-state index contributed by atoms with van der Waals surface area (Å²) in [5.41, 5.74) is 3.41. The molecular formula is C30H29NOS. The third-order valence-electron chi connectivity index (χ3n) is 6.41. The van der Waals surface area contributed by atoms with E-state index in [0.717, 1.165) is 42.3 Å². The van der Waals surface area contributed by atoms with E-state index >= 15 is 0 Å². The molecule has 0 unspecified atom stereocenters. The normalized spacial score (nSPS) is 18.1. The molecule has 0 aromatic heterocycles. The van der Waals surface area contributed by atoms with E-state index in [0.29, 0.717) is 0 Å². The van der Waals surface area contributed by atoms with E-state index in [2.05, 4.69) is 59.6 Å². The van der Waals surface area contributed by atoms with Gasteiger partial charge < -0.3 is 4.90 Å². The molecule has 1 fully saturated rings. The highest BCUT2D eigenvalue weighted by Gasteiger charge is 2.21. The van der Waals surface area contributed by atoms with Gasteiger partial charge in [0, 0.05) is 34.7 Å². The Bertz CT molecular complexity index is 1230. The number of piperidine rings is 1. The first-order chi connectivity index (χ1) is 16.3. The van der Waals surface area contributed by atoms with Crippen molar-refractivity contribution in [1.82, 2.24) is 4.90 Å². The van der Waals surface area contributed by atoms with Gasteiger partial charge in [-0.1, -0.05) is 72.4 Å². The number of rotatable bonds is 6. The first-order valence-corrected chi connectivity index (χ1v) is 12.7. The SMILES string of the molecule is O=C(/C=C/C1=C(Sc2ccccc2)C(=C/N2CCCCC2)/CC1)c1ccc2ccccc2c1. The molecule has 3 heteroatoms. The van der Waals surface area contributed by atoms with E-state index in [4.69, 9.17) is 0 Å². The van der Waals surface area contributed by atoms with Gasteiger partial charge in [-0.05, 0) is 78.3 Å². The summed E-state index contributed by atoms with van der Waals surface area (Å²) in [6.45, 7) is 2.30. The second kappa shape index (κ2) is 10.3. The molecule has 3 aromatic carbocycles. The summed E-state index contributed by atoms with van der Waals surface area (Å²) < 4.78 is 0. The van der Waals surface area contributed by atoms with Gasteiger partial charge in [-0.3, -0.25) is 4.79 Å². The lowest BCUT2D eigenvalue weighted by molar-refractivity contribution is 0.104. The summed E-state index contributed by atoms with van der Waals surface area (Å²) >= 11 is 1.83. The molecule has 0 saturated carbocycles. The van der Waals surface area contributed by atoms with Gasteiger partial charge in [0.15, 0.2) is 5.78 Å². The number of fused-ring (bicyclic) bond motifs is 1. The molecule has 3 aromatic rings. The number of likely N-dealkylation sites (tertiary alicyclic amines) is 1. The van der Waals surface area contributed by atoms with E-state index in [9.17, 15) is 4.79 Å². The number of hydrogen-bond donors (Lipinski definition) is 0. The Kier molecular flexibility index (Phi) is 6.78. The summed E-state index contributed by atoms with van der Waals surface area (Å²) in [5, 5.41) is 2.26. The number of hydrogen-bond acceptors (Lipinski definition) is 3. The van der Waals surface area contributed by atoms with Crippen molar-refractivity contribution in [2.75, 3.05) is 13.1 Å².